The highest BCUT2D eigenvalue weighted by Gasteiger charge is 2.63. The molecule has 0 N–H and O–H groups in total. The molecule has 0 heterocycles. The van der Waals surface area contributed by atoms with Crippen LogP contribution in [0.2, 0.25) is 0 Å². The summed E-state index contributed by atoms with van der Waals surface area (Å²) in [5.41, 5.74) is 0.150. The van der Waals surface area contributed by atoms with Crippen molar-refractivity contribution in [2.24, 2.45) is 34.5 Å². The van der Waals surface area contributed by atoms with Gasteiger partial charge in [-0.1, -0.05) is 13.8 Å². The van der Waals surface area contributed by atoms with E-state index in [1.807, 2.05) is 0 Å². The summed E-state index contributed by atoms with van der Waals surface area (Å²) >= 11 is 0. The summed E-state index contributed by atoms with van der Waals surface area (Å²) in [6.45, 7) is 4.65. The minimum absolute atomic E-state index is 0.116. The fourth-order valence-corrected chi connectivity index (χ4v) is 7.08. The van der Waals surface area contributed by atoms with Crippen molar-refractivity contribution in [1.82, 2.24) is 0 Å². The van der Waals surface area contributed by atoms with Crippen molar-refractivity contribution in [2.75, 3.05) is 7.11 Å². The summed E-state index contributed by atoms with van der Waals surface area (Å²) < 4.78 is 5.78. The van der Waals surface area contributed by atoms with Gasteiger partial charge < -0.3 is 4.74 Å². The average Bonchev–Trinajstić information content (AvgIpc) is 2.79. The highest BCUT2D eigenvalue weighted by atomic mass is 16.5. The minimum Gasteiger partial charge on any atom is -0.381 e. The molecule has 0 aromatic carbocycles. The maximum Gasteiger partial charge on any atom is 0.141 e. The van der Waals surface area contributed by atoms with Gasteiger partial charge in [-0.15, -0.1) is 0 Å². The molecule has 0 saturated heterocycles. The number of Topliss-reactive ketones (excluding diaryl/α,β-unsaturated/α-hetero) is 2. The van der Waals surface area contributed by atoms with E-state index in [1.54, 1.807) is 7.11 Å². The molecule has 0 aromatic rings. The second kappa shape index (κ2) is 5.15. The fraction of sp³-hybridized carbons (Fsp3) is 0.900. The summed E-state index contributed by atoms with van der Waals surface area (Å²) in [6.07, 6.45) is 7.90. The quantitative estimate of drug-likeness (QED) is 0.739. The lowest BCUT2D eigenvalue weighted by Gasteiger charge is -2.59. The van der Waals surface area contributed by atoms with Gasteiger partial charge in [0, 0.05) is 37.7 Å². The molecule has 0 radical (unpaired) electrons. The summed E-state index contributed by atoms with van der Waals surface area (Å²) in [6, 6.07) is 0. The third-order valence-corrected chi connectivity index (χ3v) is 8.46. The normalized spacial score (nSPS) is 52.7. The molecule has 0 spiro atoms. The topological polar surface area (TPSA) is 43.4 Å². The Morgan fingerprint density at radius 3 is 2.57 bits per heavy atom. The van der Waals surface area contributed by atoms with Crippen molar-refractivity contribution in [3.05, 3.63) is 0 Å². The second-order valence-electron chi connectivity index (χ2n) is 9.18. The summed E-state index contributed by atoms with van der Waals surface area (Å²) in [7, 11) is 1.78. The van der Waals surface area contributed by atoms with E-state index in [0.29, 0.717) is 47.1 Å². The molecular weight excluding hydrogens is 288 g/mol. The van der Waals surface area contributed by atoms with Crippen LogP contribution in [0.15, 0.2) is 0 Å². The lowest BCUT2D eigenvalue weighted by atomic mass is 9.45. The zero-order valence-electron chi connectivity index (χ0n) is 14.8. The molecule has 4 saturated carbocycles. The maximum atomic E-state index is 12.7. The monoisotopic (exact) mass is 318 g/mol. The molecule has 3 nitrogen and oxygen atoms in total. The number of methoxy groups -OCH3 is 1. The Morgan fingerprint density at radius 2 is 1.83 bits per heavy atom. The van der Waals surface area contributed by atoms with Crippen LogP contribution in [-0.2, 0) is 14.3 Å². The van der Waals surface area contributed by atoms with Gasteiger partial charge in [0.25, 0.3) is 0 Å². The van der Waals surface area contributed by atoms with Crippen molar-refractivity contribution in [1.29, 1.82) is 0 Å². The van der Waals surface area contributed by atoms with Gasteiger partial charge in [0.1, 0.15) is 11.6 Å². The fourth-order valence-electron chi connectivity index (χ4n) is 7.08. The van der Waals surface area contributed by atoms with Crippen LogP contribution in [0.4, 0.5) is 0 Å². The van der Waals surface area contributed by atoms with E-state index in [1.165, 1.54) is 19.3 Å². The minimum atomic E-state index is -0.157. The smallest absolute Gasteiger partial charge is 0.141 e. The first-order valence-corrected chi connectivity index (χ1v) is 9.48. The lowest BCUT2D eigenvalue weighted by Crippen LogP contribution is -2.55. The molecular formula is C20H30O3. The molecule has 4 fully saturated rings. The second-order valence-corrected chi connectivity index (χ2v) is 9.18. The molecule has 4 aliphatic carbocycles. The average molecular weight is 318 g/mol. The zero-order chi connectivity index (χ0) is 16.4. The van der Waals surface area contributed by atoms with E-state index in [0.717, 1.165) is 25.7 Å². The first kappa shape index (κ1) is 15.8. The SMILES string of the molecule is COC1CC(=O)[C@@]2(C)CC[C@H]3[C@@H](CC[C@H]4CC(=O)CC[C@@]43C)[C@H]12. The Morgan fingerprint density at radius 1 is 1.04 bits per heavy atom. The predicted molar refractivity (Wildman–Crippen MR) is 87.9 cm³/mol. The van der Waals surface area contributed by atoms with Crippen LogP contribution in [0.25, 0.3) is 0 Å². The van der Waals surface area contributed by atoms with Crippen molar-refractivity contribution in [3.63, 3.8) is 0 Å². The van der Waals surface area contributed by atoms with Gasteiger partial charge in [-0.3, -0.25) is 9.59 Å². The summed E-state index contributed by atoms with van der Waals surface area (Å²) in [5.74, 6) is 3.16. The van der Waals surface area contributed by atoms with Gasteiger partial charge >= 0.3 is 0 Å². The zero-order valence-corrected chi connectivity index (χ0v) is 14.8. The van der Waals surface area contributed by atoms with Gasteiger partial charge in [0.15, 0.2) is 0 Å². The molecule has 7 atom stereocenters. The van der Waals surface area contributed by atoms with Gasteiger partial charge in [-0.05, 0) is 55.3 Å². The third kappa shape index (κ3) is 2.04. The highest BCUT2D eigenvalue weighted by Crippen LogP contribution is 2.65. The molecule has 0 amide bonds. The molecule has 4 rings (SSSR count). The van der Waals surface area contributed by atoms with Crippen LogP contribution >= 0.6 is 0 Å². The number of ether oxygens (including phenoxy) is 1. The Kier molecular flexibility index (Phi) is 3.54. The van der Waals surface area contributed by atoms with Crippen LogP contribution in [0.5, 0.6) is 0 Å². The summed E-state index contributed by atoms with van der Waals surface area (Å²) in [4.78, 5) is 24.6. The van der Waals surface area contributed by atoms with Gasteiger partial charge in [-0.25, -0.2) is 0 Å². The molecule has 4 aliphatic rings. The van der Waals surface area contributed by atoms with E-state index in [9.17, 15) is 9.59 Å². The Labute approximate surface area is 139 Å². The number of fused-ring (bicyclic) bond motifs is 5. The van der Waals surface area contributed by atoms with Crippen molar-refractivity contribution >= 4 is 11.6 Å². The van der Waals surface area contributed by atoms with Gasteiger partial charge in [-0.2, -0.15) is 0 Å². The van der Waals surface area contributed by atoms with E-state index in [4.69, 9.17) is 4.74 Å². The summed E-state index contributed by atoms with van der Waals surface area (Å²) in [5, 5.41) is 0. The van der Waals surface area contributed by atoms with E-state index in [-0.39, 0.29) is 11.5 Å². The third-order valence-electron chi connectivity index (χ3n) is 8.46. The number of hydrogen-bond donors (Lipinski definition) is 0. The molecule has 0 aliphatic heterocycles. The van der Waals surface area contributed by atoms with E-state index in [2.05, 4.69) is 13.8 Å². The van der Waals surface area contributed by atoms with Crippen LogP contribution in [0.3, 0.4) is 0 Å². The number of carbonyl (C=O) groups is 2. The number of rotatable bonds is 1. The van der Waals surface area contributed by atoms with Crippen LogP contribution < -0.4 is 0 Å². The largest absolute Gasteiger partial charge is 0.381 e. The first-order valence-electron chi connectivity index (χ1n) is 9.48. The van der Waals surface area contributed by atoms with Gasteiger partial charge in [0.2, 0.25) is 0 Å². The van der Waals surface area contributed by atoms with Crippen molar-refractivity contribution in [3.8, 4) is 0 Å². The lowest BCUT2D eigenvalue weighted by molar-refractivity contribution is -0.150. The van der Waals surface area contributed by atoms with Crippen LogP contribution in [0.1, 0.15) is 65.2 Å². The number of ketones is 2. The van der Waals surface area contributed by atoms with Crippen LogP contribution in [-0.4, -0.2) is 24.8 Å². The molecule has 1 unspecified atom stereocenters. The molecule has 23 heavy (non-hydrogen) atoms. The maximum absolute atomic E-state index is 12.7. The van der Waals surface area contributed by atoms with Crippen molar-refractivity contribution < 1.29 is 14.3 Å². The van der Waals surface area contributed by atoms with Gasteiger partial charge in [0.05, 0.1) is 6.10 Å². The number of carbonyl (C=O) groups excluding carboxylic acids is 2. The number of hydrogen-bond acceptors (Lipinski definition) is 3. The van der Waals surface area contributed by atoms with E-state index < -0.39 is 0 Å². The Hall–Kier alpha value is -0.700. The first-order chi connectivity index (χ1) is 10.9. The Bertz CT molecular complexity index is 541. The standard InChI is InChI=1S/C20H30O3/c1-19-8-6-13(21)10-12(19)4-5-14-15(19)7-9-20(2)17(22)11-16(23-3)18(14)20/h12,14-16,18H,4-11H2,1-3H3/t12-,14+,15-,16?,18+,19-,20+/m0/s1. The highest BCUT2D eigenvalue weighted by molar-refractivity contribution is 5.88. The molecule has 0 aromatic heterocycles. The Balaban J connectivity index is 1.68. The molecule has 128 valence electrons. The molecule has 3 heteroatoms. The van der Waals surface area contributed by atoms with E-state index >= 15 is 0 Å². The predicted octanol–water partition coefficient (Wildman–Crippen LogP) is 3.79. The molecule has 0 bridgehead atoms. The van der Waals surface area contributed by atoms with Crippen LogP contribution in [0, 0.1) is 34.5 Å². The van der Waals surface area contributed by atoms with Crippen molar-refractivity contribution in [2.45, 2.75) is 71.3 Å².